The zero-order chi connectivity index (χ0) is 19.0. The summed E-state index contributed by atoms with van der Waals surface area (Å²) < 4.78 is 13.4. The lowest BCUT2D eigenvalue weighted by Crippen LogP contribution is -2.33. The molecule has 0 aromatic heterocycles. The number of benzene rings is 2. The van der Waals surface area contributed by atoms with E-state index < -0.39 is 5.92 Å². The summed E-state index contributed by atoms with van der Waals surface area (Å²) in [4.78, 5) is 13.1. The van der Waals surface area contributed by atoms with Gasteiger partial charge in [-0.25, -0.2) is 4.39 Å². The average molecular weight is 358 g/mol. The van der Waals surface area contributed by atoms with Crippen LogP contribution in [-0.4, -0.2) is 5.78 Å². The van der Waals surface area contributed by atoms with Gasteiger partial charge in [-0.15, -0.1) is 0 Å². The van der Waals surface area contributed by atoms with Gasteiger partial charge < -0.3 is 5.32 Å². The molecule has 4 heteroatoms. The number of rotatable bonds is 2. The molecule has 2 atom stereocenters. The Kier molecular flexibility index (Phi) is 4.37. The summed E-state index contributed by atoms with van der Waals surface area (Å²) in [6.45, 7) is 1.86. The van der Waals surface area contributed by atoms with Gasteiger partial charge in [0.1, 0.15) is 5.82 Å². The lowest BCUT2D eigenvalue weighted by atomic mass is 9.72. The lowest BCUT2D eigenvalue weighted by Gasteiger charge is -2.35. The highest BCUT2D eigenvalue weighted by Crippen LogP contribution is 2.45. The van der Waals surface area contributed by atoms with Gasteiger partial charge in [0.25, 0.3) is 0 Å². The van der Waals surface area contributed by atoms with Crippen LogP contribution in [0.1, 0.15) is 42.7 Å². The Bertz CT molecular complexity index is 997. The zero-order valence-electron chi connectivity index (χ0n) is 15.0. The van der Waals surface area contributed by atoms with Gasteiger partial charge in [-0.2, -0.15) is 5.26 Å². The monoisotopic (exact) mass is 358 g/mol. The molecule has 2 aromatic rings. The van der Waals surface area contributed by atoms with E-state index in [0.717, 1.165) is 28.9 Å². The number of nitrogens with zero attached hydrogens (tertiary/aromatic N) is 1. The molecule has 0 saturated carbocycles. The van der Waals surface area contributed by atoms with Gasteiger partial charge in [0.15, 0.2) is 5.78 Å². The molecular formula is C23H19FN2O. The molecule has 4 rings (SSSR count). The van der Waals surface area contributed by atoms with Crippen LogP contribution in [0.4, 0.5) is 4.39 Å². The maximum atomic E-state index is 13.4. The minimum Gasteiger partial charge on any atom is -0.361 e. The Morgan fingerprint density at radius 3 is 2.41 bits per heavy atom. The third kappa shape index (κ3) is 3.06. The van der Waals surface area contributed by atoms with Crippen LogP contribution in [0.3, 0.4) is 0 Å². The molecule has 0 bridgehead atoms. The molecule has 1 aliphatic carbocycles. The summed E-state index contributed by atoms with van der Waals surface area (Å²) in [5.41, 5.74) is 4.72. The van der Waals surface area contributed by atoms with E-state index in [1.807, 2.05) is 37.3 Å². The van der Waals surface area contributed by atoms with Crippen molar-refractivity contribution in [3.8, 4) is 6.07 Å². The first kappa shape index (κ1) is 17.2. The van der Waals surface area contributed by atoms with Crippen LogP contribution in [0.25, 0.3) is 0 Å². The summed E-state index contributed by atoms with van der Waals surface area (Å²) in [6.07, 6.45) is 1.14. The first-order chi connectivity index (χ1) is 13.1. The van der Waals surface area contributed by atoms with Crippen LogP contribution in [0.15, 0.2) is 77.1 Å². The van der Waals surface area contributed by atoms with Crippen molar-refractivity contribution in [3.63, 3.8) is 0 Å². The maximum absolute atomic E-state index is 13.4. The third-order valence-corrected chi connectivity index (χ3v) is 5.42. The highest BCUT2D eigenvalue weighted by Gasteiger charge is 2.38. The molecule has 0 amide bonds. The topological polar surface area (TPSA) is 52.9 Å². The molecule has 1 aliphatic heterocycles. The molecule has 134 valence electrons. The van der Waals surface area contributed by atoms with Crippen LogP contribution in [-0.2, 0) is 4.79 Å². The number of carbonyl (C=O) groups is 1. The molecule has 1 heterocycles. The normalized spacial score (nSPS) is 22.2. The minimum absolute atomic E-state index is 0.0483. The fourth-order valence-electron chi connectivity index (χ4n) is 4.14. The Labute approximate surface area is 157 Å². The van der Waals surface area contributed by atoms with E-state index in [9.17, 15) is 14.4 Å². The van der Waals surface area contributed by atoms with Gasteiger partial charge in [-0.1, -0.05) is 42.5 Å². The number of allylic oxidation sites excluding steroid dienone is 4. The van der Waals surface area contributed by atoms with Crippen LogP contribution >= 0.6 is 0 Å². The summed E-state index contributed by atoms with van der Waals surface area (Å²) in [7, 11) is 0. The number of hydrogen-bond donors (Lipinski definition) is 1. The molecule has 0 unspecified atom stereocenters. The van der Waals surface area contributed by atoms with Gasteiger partial charge in [0.05, 0.1) is 17.6 Å². The van der Waals surface area contributed by atoms with Crippen molar-refractivity contribution in [2.75, 3.05) is 0 Å². The Morgan fingerprint density at radius 2 is 1.74 bits per heavy atom. The molecule has 0 fully saturated rings. The Morgan fingerprint density at radius 1 is 1.04 bits per heavy atom. The lowest BCUT2D eigenvalue weighted by molar-refractivity contribution is -0.116. The number of nitriles is 1. The number of dihydropyridines is 1. The van der Waals surface area contributed by atoms with E-state index in [1.165, 1.54) is 12.1 Å². The van der Waals surface area contributed by atoms with E-state index in [-0.39, 0.29) is 17.5 Å². The molecule has 1 N–H and O–H groups in total. The summed E-state index contributed by atoms with van der Waals surface area (Å²) in [5.74, 6) is -0.598. The van der Waals surface area contributed by atoms with Crippen molar-refractivity contribution >= 4 is 5.78 Å². The highest BCUT2D eigenvalue weighted by atomic mass is 19.1. The van der Waals surface area contributed by atoms with E-state index >= 15 is 0 Å². The molecular weight excluding hydrogens is 339 g/mol. The van der Waals surface area contributed by atoms with E-state index in [1.54, 1.807) is 12.1 Å². The van der Waals surface area contributed by atoms with Crippen LogP contribution in [0.5, 0.6) is 0 Å². The second-order valence-corrected chi connectivity index (χ2v) is 7.09. The number of ketones is 1. The highest BCUT2D eigenvalue weighted by molar-refractivity contribution is 6.00. The van der Waals surface area contributed by atoms with Crippen molar-refractivity contribution in [3.05, 3.63) is 94.1 Å². The predicted octanol–water partition coefficient (Wildman–Crippen LogP) is 4.71. The molecule has 0 radical (unpaired) electrons. The van der Waals surface area contributed by atoms with Gasteiger partial charge in [0.2, 0.25) is 0 Å². The van der Waals surface area contributed by atoms with Crippen molar-refractivity contribution < 1.29 is 9.18 Å². The van der Waals surface area contributed by atoms with Crippen LogP contribution in [0.2, 0.25) is 0 Å². The average Bonchev–Trinajstić information content (AvgIpc) is 2.68. The quantitative estimate of drug-likeness (QED) is 0.846. The van der Waals surface area contributed by atoms with Crippen molar-refractivity contribution in [1.82, 2.24) is 5.32 Å². The first-order valence-electron chi connectivity index (χ1n) is 9.03. The predicted molar refractivity (Wildman–Crippen MR) is 101 cm³/mol. The molecule has 0 spiro atoms. The van der Waals surface area contributed by atoms with Gasteiger partial charge in [-0.3, -0.25) is 4.79 Å². The summed E-state index contributed by atoms with van der Waals surface area (Å²) >= 11 is 0. The maximum Gasteiger partial charge on any atom is 0.162 e. The molecule has 0 saturated heterocycles. The fraction of sp³-hybridized carbons (Fsp3) is 0.217. The van der Waals surface area contributed by atoms with E-state index in [4.69, 9.17) is 0 Å². The second kappa shape index (κ2) is 6.85. The molecule has 2 aliphatic rings. The molecule has 3 nitrogen and oxygen atoms in total. The molecule has 27 heavy (non-hydrogen) atoms. The number of carbonyl (C=O) groups excluding carboxylic acids is 1. The van der Waals surface area contributed by atoms with E-state index in [2.05, 4.69) is 11.4 Å². The number of nitrogens with one attached hydrogen (secondary N) is 1. The largest absolute Gasteiger partial charge is 0.361 e. The number of Topliss-reactive ketones (excluding diaryl/α,β-unsaturated/α-hetero) is 1. The summed E-state index contributed by atoms with van der Waals surface area (Å²) in [5, 5.41) is 13.0. The smallest absolute Gasteiger partial charge is 0.162 e. The van der Waals surface area contributed by atoms with Crippen molar-refractivity contribution in [2.45, 2.75) is 31.6 Å². The SMILES string of the molecule is CC1=C(C#N)[C@H](c2ccc(F)cc2)C2=C(C[C@@H](c3ccccc3)CC2=O)N1. The first-order valence-corrected chi connectivity index (χ1v) is 9.03. The minimum atomic E-state index is -0.434. The molecule has 2 aromatic carbocycles. The van der Waals surface area contributed by atoms with Crippen LogP contribution in [0, 0.1) is 17.1 Å². The van der Waals surface area contributed by atoms with Crippen molar-refractivity contribution in [2.24, 2.45) is 0 Å². The van der Waals surface area contributed by atoms with Crippen LogP contribution < -0.4 is 5.32 Å². The summed E-state index contributed by atoms with van der Waals surface area (Å²) in [6, 6.07) is 18.4. The Hall–Kier alpha value is -3.19. The van der Waals surface area contributed by atoms with Crippen molar-refractivity contribution in [1.29, 1.82) is 5.26 Å². The fourth-order valence-corrected chi connectivity index (χ4v) is 4.14. The van der Waals surface area contributed by atoms with Gasteiger partial charge >= 0.3 is 0 Å². The van der Waals surface area contributed by atoms with Gasteiger partial charge in [0, 0.05) is 23.4 Å². The van der Waals surface area contributed by atoms with E-state index in [0.29, 0.717) is 17.6 Å². The third-order valence-electron chi connectivity index (χ3n) is 5.42. The number of halogens is 1. The zero-order valence-corrected chi connectivity index (χ0v) is 15.0. The second-order valence-electron chi connectivity index (χ2n) is 7.09. The number of hydrogen-bond acceptors (Lipinski definition) is 3. The standard InChI is InChI=1S/C23H19FN2O/c1-14-19(13-25)22(16-7-9-18(24)10-8-16)23-20(26-14)11-17(12-21(23)27)15-5-3-2-4-6-15/h2-10,17,22,26H,11-12H2,1H3/t17-,22+/m1/s1. The Balaban J connectivity index is 1.79. The van der Waals surface area contributed by atoms with Gasteiger partial charge in [-0.05, 0) is 42.5 Å².